The zero-order valence-electron chi connectivity index (χ0n) is 21.1. The highest BCUT2D eigenvalue weighted by Gasteiger charge is 2.36. The molecule has 200 valence electrons. The number of ether oxygens (including phenoxy) is 3. The van der Waals surface area contributed by atoms with E-state index in [-0.39, 0.29) is 12.3 Å². The van der Waals surface area contributed by atoms with Crippen LogP contribution in [0.1, 0.15) is 33.9 Å². The van der Waals surface area contributed by atoms with Gasteiger partial charge in [-0.25, -0.2) is 4.79 Å². The van der Waals surface area contributed by atoms with Crippen LogP contribution in [0, 0.1) is 0 Å². The van der Waals surface area contributed by atoms with E-state index < -0.39 is 12.4 Å². The Balaban J connectivity index is 1.21. The maximum Gasteiger partial charge on any atom is 0.573 e. The molecule has 2 heterocycles. The van der Waals surface area contributed by atoms with Crippen molar-refractivity contribution in [3.63, 3.8) is 0 Å². The van der Waals surface area contributed by atoms with Crippen molar-refractivity contribution in [2.24, 2.45) is 0 Å². The molecule has 3 aromatic carbocycles. The van der Waals surface area contributed by atoms with Gasteiger partial charge in [-0.15, -0.1) is 13.2 Å². The number of carbonyl (C=O) groups is 1. The number of methoxy groups -OCH3 is 2. The first-order valence-electron chi connectivity index (χ1n) is 12.3. The topological polar surface area (TPSA) is 73.3 Å². The zero-order chi connectivity index (χ0) is 26.9. The molecule has 0 spiro atoms. The molecule has 7 nitrogen and oxygen atoms in total. The van der Waals surface area contributed by atoms with E-state index in [1.807, 2.05) is 12.1 Å². The lowest BCUT2D eigenvalue weighted by Crippen LogP contribution is -3.13. The summed E-state index contributed by atoms with van der Waals surface area (Å²) in [5.41, 5.74) is 6.41. The molecular weight excluding hydrogens is 499 g/mol. The number of benzene rings is 3. The molecule has 10 heteroatoms. The van der Waals surface area contributed by atoms with E-state index in [0.717, 1.165) is 37.4 Å². The van der Waals surface area contributed by atoms with E-state index in [9.17, 15) is 18.0 Å². The average molecular weight is 529 g/mol. The van der Waals surface area contributed by atoms with Gasteiger partial charge in [0.1, 0.15) is 18.3 Å². The maximum atomic E-state index is 12.5. The van der Waals surface area contributed by atoms with Crippen LogP contribution in [0.2, 0.25) is 0 Å². The number of rotatable bonds is 6. The lowest BCUT2D eigenvalue weighted by Gasteiger charge is -2.38. The van der Waals surface area contributed by atoms with Gasteiger partial charge >= 0.3 is 12.4 Å². The van der Waals surface area contributed by atoms with Crippen molar-refractivity contribution >= 4 is 11.7 Å². The van der Waals surface area contributed by atoms with Gasteiger partial charge < -0.3 is 29.7 Å². The van der Waals surface area contributed by atoms with Crippen LogP contribution in [0.5, 0.6) is 17.2 Å². The molecule has 0 aromatic heterocycles. The smallest absolute Gasteiger partial charge is 0.493 e. The van der Waals surface area contributed by atoms with Crippen LogP contribution < -0.4 is 29.7 Å². The second-order valence-corrected chi connectivity index (χ2v) is 9.48. The fourth-order valence-electron chi connectivity index (χ4n) is 5.33. The standard InChI is InChI=1S/C28H28F3N3O4/c1-36-25-13-19-9-10-34-16-20-11-21(6-5-18(20)12-24(34)23(19)14-26(25)37-2)33-27(35)32-15-17-3-7-22(8-4-17)38-28(29,30)31/h3-8,11,13-14,24H,9-10,12,15-16H2,1-2H3,(H2,32,33,35)/p+1/t24-/m1/s1. The predicted molar refractivity (Wildman–Crippen MR) is 135 cm³/mol. The Morgan fingerprint density at radius 2 is 1.71 bits per heavy atom. The first kappa shape index (κ1) is 25.7. The summed E-state index contributed by atoms with van der Waals surface area (Å²) in [6.07, 6.45) is -2.88. The Morgan fingerprint density at radius 1 is 0.974 bits per heavy atom. The lowest BCUT2D eigenvalue weighted by atomic mass is 9.83. The third-order valence-electron chi connectivity index (χ3n) is 7.14. The minimum atomic E-state index is -4.74. The monoisotopic (exact) mass is 528 g/mol. The van der Waals surface area contributed by atoms with Crippen molar-refractivity contribution < 1.29 is 37.1 Å². The molecule has 2 amide bonds. The zero-order valence-corrected chi connectivity index (χ0v) is 21.1. The average Bonchev–Trinajstić information content (AvgIpc) is 2.89. The summed E-state index contributed by atoms with van der Waals surface area (Å²) in [6, 6.07) is 15.5. The molecule has 0 fully saturated rings. The summed E-state index contributed by atoms with van der Waals surface area (Å²) in [5, 5.41) is 5.59. The summed E-state index contributed by atoms with van der Waals surface area (Å²) in [4.78, 5) is 13.9. The molecule has 0 radical (unpaired) electrons. The Bertz CT molecular complexity index is 1330. The van der Waals surface area contributed by atoms with Crippen molar-refractivity contribution in [2.75, 3.05) is 26.1 Å². The lowest BCUT2D eigenvalue weighted by molar-refractivity contribution is -0.949. The molecule has 0 aliphatic carbocycles. The van der Waals surface area contributed by atoms with E-state index in [2.05, 4.69) is 33.6 Å². The van der Waals surface area contributed by atoms with Crippen LogP contribution in [-0.2, 0) is 25.9 Å². The van der Waals surface area contributed by atoms with Crippen LogP contribution in [0.3, 0.4) is 0 Å². The molecular formula is C28H29F3N3O4+. The minimum absolute atomic E-state index is 0.163. The summed E-state index contributed by atoms with van der Waals surface area (Å²) in [5.74, 6) is 1.20. The largest absolute Gasteiger partial charge is 0.573 e. The Hall–Kier alpha value is -3.92. The number of alkyl halides is 3. The number of halogens is 3. The van der Waals surface area contributed by atoms with Crippen molar-refractivity contribution in [2.45, 2.75) is 38.3 Å². The fraction of sp³-hybridized carbons (Fsp3) is 0.321. The summed E-state index contributed by atoms with van der Waals surface area (Å²) in [6.45, 7) is 2.03. The molecule has 2 aliphatic rings. The Labute approximate surface area is 218 Å². The van der Waals surface area contributed by atoms with Gasteiger partial charge in [0.05, 0.1) is 20.8 Å². The number of hydrogen-bond acceptors (Lipinski definition) is 4. The number of hydrogen-bond donors (Lipinski definition) is 3. The number of anilines is 1. The molecule has 38 heavy (non-hydrogen) atoms. The van der Waals surface area contributed by atoms with Crippen LogP contribution in [0.25, 0.3) is 0 Å². The SMILES string of the molecule is COc1cc2c(cc1OC)[C@H]1Cc3ccc(NC(=O)NCc4ccc(OC(F)(F)F)cc4)cc3C[NH+]1CC2. The molecule has 3 aromatic rings. The molecule has 0 saturated heterocycles. The third kappa shape index (κ3) is 5.65. The van der Waals surface area contributed by atoms with Crippen LogP contribution in [-0.4, -0.2) is 33.2 Å². The number of quaternary nitrogens is 1. The normalized spacial score (nSPS) is 17.9. The molecule has 0 saturated carbocycles. The highest BCUT2D eigenvalue weighted by molar-refractivity contribution is 5.89. The Morgan fingerprint density at radius 3 is 2.42 bits per heavy atom. The Kier molecular flexibility index (Phi) is 7.07. The molecule has 5 rings (SSSR count). The van der Waals surface area contributed by atoms with Crippen LogP contribution >= 0.6 is 0 Å². The van der Waals surface area contributed by atoms with E-state index in [1.54, 1.807) is 14.2 Å². The second-order valence-electron chi connectivity index (χ2n) is 9.48. The summed E-state index contributed by atoms with van der Waals surface area (Å²) >= 11 is 0. The van der Waals surface area contributed by atoms with Gasteiger partial charge in [0.15, 0.2) is 11.5 Å². The highest BCUT2D eigenvalue weighted by atomic mass is 19.4. The van der Waals surface area contributed by atoms with E-state index in [0.29, 0.717) is 17.3 Å². The van der Waals surface area contributed by atoms with Crippen molar-refractivity contribution in [1.29, 1.82) is 0 Å². The van der Waals surface area contributed by atoms with Crippen molar-refractivity contribution in [3.05, 3.63) is 82.4 Å². The number of fused-ring (bicyclic) bond motifs is 4. The maximum absolute atomic E-state index is 12.5. The van der Waals surface area contributed by atoms with Crippen molar-refractivity contribution in [3.8, 4) is 17.2 Å². The first-order chi connectivity index (χ1) is 18.2. The van der Waals surface area contributed by atoms with E-state index in [4.69, 9.17) is 9.47 Å². The quantitative estimate of drug-likeness (QED) is 0.449. The predicted octanol–water partition coefficient (Wildman–Crippen LogP) is 4.16. The van der Waals surface area contributed by atoms with Gasteiger partial charge in [0.2, 0.25) is 0 Å². The van der Waals surface area contributed by atoms with E-state index in [1.165, 1.54) is 51.4 Å². The minimum Gasteiger partial charge on any atom is -0.493 e. The number of nitrogens with one attached hydrogen (secondary N) is 3. The fourth-order valence-corrected chi connectivity index (χ4v) is 5.33. The number of urea groups is 1. The number of amides is 2. The molecule has 1 unspecified atom stereocenters. The van der Waals surface area contributed by atoms with Gasteiger partial charge in [-0.2, -0.15) is 0 Å². The molecule has 2 atom stereocenters. The van der Waals surface area contributed by atoms with Crippen LogP contribution in [0.15, 0.2) is 54.6 Å². The molecule has 2 aliphatic heterocycles. The highest BCUT2D eigenvalue weighted by Crippen LogP contribution is 2.36. The van der Waals surface area contributed by atoms with Crippen LogP contribution in [0.4, 0.5) is 23.7 Å². The number of carbonyl (C=O) groups excluding carboxylic acids is 1. The molecule has 3 N–H and O–H groups in total. The first-order valence-corrected chi connectivity index (χ1v) is 12.3. The summed E-state index contributed by atoms with van der Waals surface area (Å²) in [7, 11) is 3.31. The van der Waals surface area contributed by atoms with Gasteiger partial charge in [-0.1, -0.05) is 18.2 Å². The summed E-state index contributed by atoms with van der Waals surface area (Å²) < 4.78 is 51.8. The van der Waals surface area contributed by atoms with Gasteiger partial charge in [-0.05, 0) is 53.1 Å². The second kappa shape index (κ2) is 10.4. The molecule has 0 bridgehead atoms. The van der Waals surface area contributed by atoms with Crippen molar-refractivity contribution in [1.82, 2.24) is 5.32 Å². The third-order valence-corrected chi connectivity index (χ3v) is 7.14. The van der Waals surface area contributed by atoms with Gasteiger partial charge in [0.25, 0.3) is 0 Å². The van der Waals surface area contributed by atoms with E-state index >= 15 is 0 Å². The van der Waals surface area contributed by atoms with Gasteiger partial charge in [0, 0.05) is 36.2 Å². The van der Waals surface area contributed by atoms with Gasteiger partial charge in [-0.3, -0.25) is 0 Å².